The molecule has 0 spiro atoms. The third-order valence-electron chi connectivity index (χ3n) is 1.47. The van der Waals surface area contributed by atoms with Crippen LogP contribution in [-0.2, 0) is 0 Å². The van der Waals surface area contributed by atoms with Crippen molar-refractivity contribution in [1.82, 2.24) is 0 Å². The molecular weight excluding hydrogens is 216 g/mol. The Bertz CT molecular complexity index is 258. The maximum absolute atomic E-state index is 5.46. The molecule has 1 rings (SSSR count). The molecular formula is C10H11BrO. The summed E-state index contributed by atoms with van der Waals surface area (Å²) in [7, 11) is 0. The molecule has 1 aromatic carbocycles. The summed E-state index contributed by atoms with van der Waals surface area (Å²) in [6.07, 6.45) is 1.80. The minimum Gasteiger partial charge on any atom is -0.492 e. The summed E-state index contributed by atoms with van der Waals surface area (Å²) >= 11 is 3.30. The van der Waals surface area contributed by atoms with Crippen LogP contribution >= 0.6 is 15.9 Å². The highest BCUT2D eigenvalue weighted by molar-refractivity contribution is 9.09. The Labute approximate surface area is 81.2 Å². The normalized spacial score (nSPS) is 9.42. The minimum atomic E-state index is 0.685. The van der Waals surface area contributed by atoms with Crippen LogP contribution in [0.25, 0.3) is 6.08 Å². The van der Waals surface area contributed by atoms with Crippen molar-refractivity contribution in [2.24, 2.45) is 0 Å². The molecule has 0 aliphatic rings. The molecule has 0 fully saturated rings. The molecule has 0 amide bonds. The Morgan fingerprint density at radius 2 is 2.17 bits per heavy atom. The second-order valence-electron chi connectivity index (χ2n) is 2.28. The third kappa shape index (κ3) is 2.38. The van der Waals surface area contributed by atoms with Crippen molar-refractivity contribution in [3.05, 3.63) is 36.4 Å². The molecule has 0 unspecified atom stereocenters. The lowest BCUT2D eigenvalue weighted by Gasteiger charge is -2.06. The topological polar surface area (TPSA) is 9.23 Å². The van der Waals surface area contributed by atoms with E-state index in [2.05, 4.69) is 22.5 Å². The quantitative estimate of drug-likeness (QED) is 0.718. The number of halogens is 1. The predicted octanol–water partition coefficient (Wildman–Crippen LogP) is 3.10. The number of hydrogen-bond donors (Lipinski definition) is 0. The molecule has 0 aliphatic heterocycles. The Hall–Kier alpha value is -0.760. The second-order valence-corrected chi connectivity index (χ2v) is 3.07. The summed E-state index contributed by atoms with van der Waals surface area (Å²) in [6.45, 7) is 4.39. The predicted molar refractivity (Wildman–Crippen MR) is 55.8 cm³/mol. The highest BCUT2D eigenvalue weighted by Crippen LogP contribution is 2.18. The summed E-state index contributed by atoms with van der Waals surface area (Å²) in [5.74, 6) is 0.895. The van der Waals surface area contributed by atoms with E-state index in [1.54, 1.807) is 6.08 Å². The number of ether oxygens (including phenoxy) is 1. The highest BCUT2D eigenvalue weighted by Gasteiger charge is 1.96. The molecule has 12 heavy (non-hydrogen) atoms. The van der Waals surface area contributed by atoms with Crippen molar-refractivity contribution in [1.29, 1.82) is 0 Å². The molecule has 2 heteroatoms. The van der Waals surface area contributed by atoms with Gasteiger partial charge in [-0.25, -0.2) is 0 Å². The van der Waals surface area contributed by atoms with Crippen molar-refractivity contribution < 1.29 is 4.74 Å². The lowest BCUT2D eigenvalue weighted by Crippen LogP contribution is -1.98. The van der Waals surface area contributed by atoms with E-state index in [0.29, 0.717) is 6.61 Å². The Morgan fingerprint density at radius 1 is 1.42 bits per heavy atom. The average molecular weight is 227 g/mol. The fourth-order valence-electron chi connectivity index (χ4n) is 0.929. The van der Waals surface area contributed by atoms with Gasteiger partial charge < -0.3 is 4.74 Å². The SMILES string of the molecule is C=Cc1ccccc1OCCBr. The van der Waals surface area contributed by atoms with E-state index in [-0.39, 0.29) is 0 Å². The zero-order valence-corrected chi connectivity index (χ0v) is 8.38. The summed E-state index contributed by atoms with van der Waals surface area (Å²) in [6, 6.07) is 7.85. The lowest BCUT2D eigenvalue weighted by atomic mass is 10.2. The van der Waals surface area contributed by atoms with E-state index in [9.17, 15) is 0 Å². The van der Waals surface area contributed by atoms with Crippen LogP contribution in [0.4, 0.5) is 0 Å². The van der Waals surface area contributed by atoms with Gasteiger partial charge in [-0.05, 0) is 6.07 Å². The van der Waals surface area contributed by atoms with Gasteiger partial charge >= 0.3 is 0 Å². The first kappa shape index (κ1) is 9.33. The minimum absolute atomic E-state index is 0.685. The van der Waals surface area contributed by atoms with Gasteiger partial charge in [-0.2, -0.15) is 0 Å². The molecule has 1 nitrogen and oxygen atoms in total. The molecule has 0 heterocycles. The van der Waals surface area contributed by atoms with Crippen LogP contribution in [-0.4, -0.2) is 11.9 Å². The third-order valence-corrected chi connectivity index (χ3v) is 1.80. The first-order valence-electron chi connectivity index (χ1n) is 3.78. The fraction of sp³-hybridized carbons (Fsp3) is 0.200. The molecule has 0 saturated carbocycles. The van der Waals surface area contributed by atoms with Crippen molar-refractivity contribution in [3.8, 4) is 5.75 Å². The molecule has 0 atom stereocenters. The zero-order chi connectivity index (χ0) is 8.81. The first-order valence-corrected chi connectivity index (χ1v) is 4.91. The van der Waals surface area contributed by atoms with E-state index < -0.39 is 0 Å². The van der Waals surface area contributed by atoms with Gasteiger partial charge in [-0.1, -0.05) is 46.8 Å². The Balaban J connectivity index is 2.75. The van der Waals surface area contributed by atoms with Gasteiger partial charge in [0.25, 0.3) is 0 Å². The Kier molecular flexibility index (Phi) is 3.88. The van der Waals surface area contributed by atoms with E-state index >= 15 is 0 Å². The number of para-hydroxylation sites is 1. The van der Waals surface area contributed by atoms with Crippen LogP contribution in [0.15, 0.2) is 30.8 Å². The summed E-state index contributed by atoms with van der Waals surface area (Å²) in [4.78, 5) is 0. The van der Waals surface area contributed by atoms with Crippen molar-refractivity contribution in [2.45, 2.75) is 0 Å². The van der Waals surface area contributed by atoms with Crippen LogP contribution in [0.1, 0.15) is 5.56 Å². The average Bonchev–Trinajstić information content (AvgIpc) is 2.15. The van der Waals surface area contributed by atoms with Crippen molar-refractivity contribution in [2.75, 3.05) is 11.9 Å². The molecule has 0 radical (unpaired) electrons. The van der Waals surface area contributed by atoms with Crippen LogP contribution in [0.3, 0.4) is 0 Å². The Morgan fingerprint density at radius 3 is 2.83 bits per heavy atom. The van der Waals surface area contributed by atoms with E-state index in [1.807, 2.05) is 24.3 Å². The van der Waals surface area contributed by atoms with Gasteiger partial charge in [0.05, 0.1) is 6.61 Å². The van der Waals surface area contributed by atoms with Gasteiger partial charge in [0, 0.05) is 10.9 Å². The van der Waals surface area contributed by atoms with Gasteiger partial charge in [-0.15, -0.1) is 0 Å². The number of hydrogen-bond acceptors (Lipinski definition) is 1. The van der Waals surface area contributed by atoms with Crippen molar-refractivity contribution in [3.63, 3.8) is 0 Å². The number of benzene rings is 1. The lowest BCUT2D eigenvalue weighted by molar-refractivity contribution is 0.344. The molecule has 0 saturated heterocycles. The van der Waals surface area contributed by atoms with Crippen LogP contribution in [0.2, 0.25) is 0 Å². The summed E-state index contributed by atoms with van der Waals surface area (Å²) in [5, 5.41) is 0.846. The van der Waals surface area contributed by atoms with Crippen molar-refractivity contribution >= 4 is 22.0 Å². The molecule has 0 aromatic heterocycles. The van der Waals surface area contributed by atoms with Gasteiger partial charge in [0.1, 0.15) is 5.75 Å². The standard InChI is InChI=1S/C10H11BrO/c1-2-9-5-3-4-6-10(9)12-8-7-11/h2-6H,1,7-8H2. The zero-order valence-electron chi connectivity index (χ0n) is 6.79. The number of alkyl halides is 1. The van der Waals surface area contributed by atoms with Crippen LogP contribution < -0.4 is 4.74 Å². The fourth-order valence-corrected chi connectivity index (χ4v) is 1.09. The number of rotatable bonds is 4. The van der Waals surface area contributed by atoms with E-state index in [4.69, 9.17) is 4.74 Å². The maximum Gasteiger partial charge on any atom is 0.126 e. The smallest absolute Gasteiger partial charge is 0.126 e. The highest BCUT2D eigenvalue weighted by atomic mass is 79.9. The largest absolute Gasteiger partial charge is 0.492 e. The van der Waals surface area contributed by atoms with Crippen LogP contribution in [0, 0.1) is 0 Å². The van der Waals surface area contributed by atoms with E-state index in [0.717, 1.165) is 16.6 Å². The first-order chi connectivity index (χ1) is 5.88. The van der Waals surface area contributed by atoms with Gasteiger partial charge in [0.2, 0.25) is 0 Å². The van der Waals surface area contributed by atoms with Gasteiger partial charge in [0.15, 0.2) is 0 Å². The molecule has 1 aromatic rings. The molecule has 0 aliphatic carbocycles. The molecule has 0 bridgehead atoms. The second kappa shape index (κ2) is 4.99. The summed E-state index contributed by atoms with van der Waals surface area (Å²) < 4.78 is 5.46. The molecule has 64 valence electrons. The maximum atomic E-state index is 5.46. The summed E-state index contributed by atoms with van der Waals surface area (Å²) in [5.41, 5.74) is 1.04. The van der Waals surface area contributed by atoms with Gasteiger partial charge in [-0.3, -0.25) is 0 Å². The van der Waals surface area contributed by atoms with E-state index in [1.165, 1.54) is 0 Å². The monoisotopic (exact) mass is 226 g/mol. The van der Waals surface area contributed by atoms with Crippen LogP contribution in [0.5, 0.6) is 5.75 Å². The molecule has 0 N–H and O–H groups in total.